The first-order valence-electron chi connectivity index (χ1n) is 8.21. The number of rotatable bonds is 6. The second-order valence-electron chi connectivity index (χ2n) is 5.71. The Morgan fingerprint density at radius 3 is 2.88 bits per heavy atom. The van der Waals surface area contributed by atoms with Crippen LogP contribution in [0, 0.1) is 0 Å². The van der Waals surface area contributed by atoms with Crippen LogP contribution in [0.1, 0.15) is 30.9 Å². The third-order valence-electron chi connectivity index (χ3n) is 4.06. The summed E-state index contributed by atoms with van der Waals surface area (Å²) in [4.78, 5) is 12.0. The van der Waals surface area contributed by atoms with Crippen molar-refractivity contribution in [3.63, 3.8) is 0 Å². The van der Waals surface area contributed by atoms with Gasteiger partial charge in [-0.2, -0.15) is 0 Å². The predicted molar refractivity (Wildman–Crippen MR) is 87.9 cm³/mol. The first-order valence-corrected chi connectivity index (χ1v) is 8.21. The van der Waals surface area contributed by atoms with Crippen molar-refractivity contribution in [2.24, 2.45) is 0 Å². The fourth-order valence-corrected chi connectivity index (χ4v) is 2.79. The van der Waals surface area contributed by atoms with E-state index in [1.807, 2.05) is 12.1 Å². The average molecular weight is 330 g/mol. The minimum atomic E-state index is -0.202. The maximum atomic E-state index is 12.0. The molecule has 0 aliphatic carbocycles. The van der Waals surface area contributed by atoms with Crippen molar-refractivity contribution >= 4 is 5.91 Å². The number of nitrogens with one attached hydrogen (secondary N) is 1. The number of amides is 1. The van der Waals surface area contributed by atoms with Crippen molar-refractivity contribution < 1.29 is 14.3 Å². The number of methoxy groups -OCH3 is 1. The summed E-state index contributed by atoms with van der Waals surface area (Å²) < 4.78 is 12.8. The molecule has 1 aromatic heterocycles. The first-order chi connectivity index (χ1) is 11.8. The van der Waals surface area contributed by atoms with Gasteiger partial charge in [-0.15, -0.1) is 10.2 Å². The smallest absolute Gasteiger partial charge is 0.258 e. The number of carbonyl (C=O) groups excluding carboxylic acids is 1. The van der Waals surface area contributed by atoms with Crippen LogP contribution in [0.4, 0.5) is 0 Å². The normalized spacial score (nSPS) is 13.7. The fourth-order valence-electron chi connectivity index (χ4n) is 2.79. The topological polar surface area (TPSA) is 78.3 Å². The summed E-state index contributed by atoms with van der Waals surface area (Å²) in [6, 6.07) is 7.24. The standard InChI is InChI=1S/C17H22N4O3/c1-23-13-7-4-5-8-14(13)24-12-17(22)18-11-16-20-19-15-9-3-2-6-10-21(15)16/h4-5,7-8H,2-3,6,9-12H2,1H3,(H,18,22). The number of aryl methyl sites for hydroxylation is 1. The molecular weight excluding hydrogens is 308 g/mol. The molecule has 2 heterocycles. The quantitative estimate of drug-likeness (QED) is 0.872. The van der Waals surface area contributed by atoms with Gasteiger partial charge in [0, 0.05) is 13.0 Å². The summed E-state index contributed by atoms with van der Waals surface area (Å²) in [6.07, 6.45) is 4.44. The van der Waals surface area contributed by atoms with E-state index in [0.717, 1.165) is 37.5 Å². The van der Waals surface area contributed by atoms with E-state index in [-0.39, 0.29) is 12.5 Å². The second kappa shape index (κ2) is 7.81. The van der Waals surface area contributed by atoms with E-state index in [1.165, 1.54) is 6.42 Å². The van der Waals surface area contributed by atoms with Crippen LogP contribution < -0.4 is 14.8 Å². The van der Waals surface area contributed by atoms with Gasteiger partial charge in [-0.05, 0) is 25.0 Å². The maximum Gasteiger partial charge on any atom is 0.258 e. The third-order valence-corrected chi connectivity index (χ3v) is 4.06. The van der Waals surface area contributed by atoms with Gasteiger partial charge < -0.3 is 19.4 Å². The molecule has 7 heteroatoms. The van der Waals surface area contributed by atoms with Crippen molar-refractivity contribution in [3.8, 4) is 11.5 Å². The number of benzene rings is 1. The van der Waals surface area contributed by atoms with Crippen LogP contribution >= 0.6 is 0 Å². The molecule has 0 saturated heterocycles. The Bertz CT molecular complexity index is 699. The van der Waals surface area contributed by atoms with Gasteiger partial charge in [0.1, 0.15) is 5.82 Å². The highest BCUT2D eigenvalue weighted by Gasteiger charge is 2.15. The molecule has 0 atom stereocenters. The minimum absolute atomic E-state index is 0.0681. The molecule has 128 valence electrons. The highest BCUT2D eigenvalue weighted by atomic mass is 16.5. The Hall–Kier alpha value is -2.57. The summed E-state index contributed by atoms with van der Waals surface area (Å²) >= 11 is 0. The lowest BCUT2D eigenvalue weighted by atomic mass is 10.2. The Labute approximate surface area is 141 Å². The first kappa shape index (κ1) is 16.3. The van der Waals surface area contributed by atoms with Gasteiger partial charge in [0.05, 0.1) is 13.7 Å². The molecule has 3 rings (SSSR count). The van der Waals surface area contributed by atoms with Gasteiger partial charge in [0.25, 0.3) is 5.91 Å². The largest absolute Gasteiger partial charge is 0.493 e. The van der Waals surface area contributed by atoms with Gasteiger partial charge in [0.15, 0.2) is 23.9 Å². The highest BCUT2D eigenvalue weighted by molar-refractivity contribution is 5.77. The van der Waals surface area contributed by atoms with Crippen LogP contribution in [0.3, 0.4) is 0 Å². The third kappa shape index (κ3) is 3.84. The predicted octanol–water partition coefficient (Wildman–Crippen LogP) is 1.71. The zero-order valence-electron chi connectivity index (χ0n) is 13.8. The fraction of sp³-hybridized carbons (Fsp3) is 0.471. The number of hydrogen-bond donors (Lipinski definition) is 1. The van der Waals surface area contributed by atoms with E-state index in [4.69, 9.17) is 9.47 Å². The van der Waals surface area contributed by atoms with Gasteiger partial charge in [0.2, 0.25) is 0 Å². The Morgan fingerprint density at radius 2 is 2.04 bits per heavy atom. The van der Waals surface area contributed by atoms with Crippen LogP contribution in [-0.4, -0.2) is 34.4 Å². The molecule has 0 saturated carbocycles. The zero-order chi connectivity index (χ0) is 16.8. The zero-order valence-corrected chi connectivity index (χ0v) is 13.8. The molecule has 1 N–H and O–H groups in total. The number of nitrogens with zero attached hydrogens (tertiary/aromatic N) is 3. The number of carbonyl (C=O) groups is 1. The molecule has 0 unspecified atom stereocenters. The molecule has 0 radical (unpaired) electrons. The molecule has 1 amide bonds. The summed E-state index contributed by atoms with van der Waals surface area (Å²) in [5.74, 6) is 2.77. The molecule has 1 aliphatic rings. The molecule has 1 aromatic carbocycles. The molecular formula is C17H22N4O3. The molecule has 0 spiro atoms. The van der Waals surface area contributed by atoms with E-state index in [2.05, 4.69) is 20.1 Å². The van der Waals surface area contributed by atoms with Crippen molar-refractivity contribution in [1.29, 1.82) is 0 Å². The molecule has 24 heavy (non-hydrogen) atoms. The van der Waals surface area contributed by atoms with E-state index in [9.17, 15) is 4.79 Å². The summed E-state index contributed by atoms with van der Waals surface area (Å²) in [5, 5.41) is 11.3. The van der Waals surface area contributed by atoms with Crippen molar-refractivity contribution in [3.05, 3.63) is 35.9 Å². The van der Waals surface area contributed by atoms with Crippen molar-refractivity contribution in [2.75, 3.05) is 13.7 Å². The van der Waals surface area contributed by atoms with Gasteiger partial charge >= 0.3 is 0 Å². The van der Waals surface area contributed by atoms with Crippen LogP contribution in [-0.2, 0) is 24.3 Å². The van der Waals surface area contributed by atoms with Crippen LogP contribution in [0.5, 0.6) is 11.5 Å². The van der Waals surface area contributed by atoms with E-state index >= 15 is 0 Å². The van der Waals surface area contributed by atoms with E-state index in [0.29, 0.717) is 18.0 Å². The highest BCUT2D eigenvalue weighted by Crippen LogP contribution is 2.25. The number of hydrogen-bond acceptors (Lipinski definition) is 5. The Kier molecular flexibility index (Phi) is 5.30. The number of fused-ring (bicyclic) bond motifs is 1. The summed E-state index contributed by atoms with van der Waals surface area (Å²) in [7, 11) is 1.57. The number of aromatic nitrogens is 3. The Morgan fingerprint density at radius 1 is 1.21 bits per heavy atom. The monoisotopic (exact) mass is 330 g/mol. The summed E-state index contributed by atoms with van der Waals surface area (Å²) in [6.45, 7) is 1.22. The van der Waals surface area contributed by atoms with Gasteiger partial charge in [-0.1, -0.05) is 18.6 Å². The number of ether oxygens (including phenoxy) is 2. The van der Waals surface area contributed by atoms with Crippen molar-refractivity contribution in [2.45, 2.75) is 38.8 Å². The average Bonchev–Trinajstić information content (AvgIpc) is 2.84. The molecule has 7 nitrogen and oxygen atoms in total. The minimum Gasteiger partial charge on any atom is -0.493 e. The van der Waals surface area contributed by atoms with Gasteiger partial charge in [-0.25, -0.2) is 0 Å². The van der Waals surface area contributed by atoms with E-state index < -0.39 is 0 Å². The molecule has 0 bridgehead atoms. The van der Waals surface area contributed by atoms with Crippen LogP contribution in [0.25, 0.3) is 0 Å². The molecule has 1 aliphatic heterocycles. The molecule has 2 aromatic rings. The van der Waals surface area contributed by atoms with Crippen molar-refractivity contribution in [1.82, 2.24) is 20.1 Å². The van der Waals surface area contributed by atoms with Gasteiger partial charge in [-0.3, -0.25) is 4.79 Å². The van der Waals surface area contributed by atoms with E-state index in [1.54, 1.807) is 19.2 Å². The SMILES string of the molecule is COc1ccccc1OCC(=O)NCc1nnc2n1CCCCC2. The van der Waals surface area contributed by atoms with Crippen LogP contribution in [0.15, 0.2) is 24.3 Å². The molecule has 0 fully saturated rings. The maximum absolute atomic E-state index is 12.0. The lowest BCUT2D eigenvalue weighted by molar-refractivity contribution is -0.123. The second-order valence-corrected chi connectivity index (χ2v) is 5.71. The summed E-state index contributed by atoms with van der Waals surface area (Å²) in [5.41, 5.74) is 0. The Balaban J connectivity index is 1.52. The van der Waals surface area contributed by atoms with Crippen LogP contribution in [0.2, 0.25) is 0 Å². The lowest BCUT2D eigenvalue weighted by Crippen LogP contribution is -2.29. The number of para-hydroxylation sites is 2. The lowest BCUT2D eigenvalue weighted by Gasteiger charge is -2.11.